The molecule has 29 heavy (non-hydrogen) atoms. The van der Waals surface area contributed by atoms with Gasteiger partial charge in [-0.2, -0.15) is 0 Å². The molecule has 0 saturated heterocycles. The van der Waals surface area contributed by atoms with Crippen molar-refractivity contribution < 1.29 is 5.11 Å². The molecule has 9 heteroatoms. The van der Waals surface area contributed by atoms with Gasteiger partial charge in [-0.05, 0) is 26.8 Å². The van der Waals surface area contributed by atoms with Crippen LogP contribution in [0.1, 0.15) is 18.4 Å². The molecule has 0 aliphatic heterocycles. The average Bonchev–Trinajstić information content (AvgIpc) is 2.66. The summed E-state index contributed by atoms with van der Waals surface area (Å²) in [5, 5.41) is 19.6. The highest BCUT2D eigenvalue weighted by atomic mass is 35.5. The topological polar surface area (TPSA) is 95.0 Å². The lowest BCUT2D eigenvalue weighted by Crippen LogP contribution is -2.09. The Bertz CT molecular complexity index is 911. The Morgan fingerprint density at radius 1 is 1.24 bits per heavy atom. The molecule has 0 aromatic carbocycles. The summed E-state index contributed by atoms with van der Waals surface area (Å²) in [7, 11) is 0. The number of pyridine rings is 1. The lowest BCUT2D eigenvalue weighted by atomic mass is 10.3. The Balaban J connectivity index is 2.05. The SMILES string of the molecule is C=C(Nc1cc(NCCO)nc(C)n1)S/C(=C\C)C(=C)Nc1c(Cl)ccnc1C. The van der Waals surface area contributed by atoms with Gasteiger partial charge in [0.25, 0.3) is 0 Å². The maximum absolute atomic E-state index is 8.96. The predicted molar refractivity (Wildman–Crippen MR) is 123 cm³/mol. The minimum absolute atomic E-state index is 0.0224. The fourth-order valence-electron chi connectivity index (χ4n) is 2.40. The summed E-state index contributed by atoms with van der Waals surface area (Å²) in [4.78, 5) is 13.8. The van der Waals surface area contributed by atoms with E-state index in [-0.39, 0.29) is 6.61 Å². The number of nitrogens with zero attached hydrogens (tertiary/aromatic N) is 3. The van der Waals surface area contributed by atoms with Gasteiger partial charge >= 0.3 is 0 Å². The van der Waals surface area contributed by atoms with E-state index >= 15 is 0 Å². The molecule has 2 aromatic heterocycles. The Morgan fingerprint density at radius 3 is 2.62 bits per heavy atom. The normalized spacial score (nSPS) is 11.1. The van der Waals surface area contributed by atoms with E-state index in [1.165, 1.54) is 11.8 Å². The molecule has 0 atom stereocenters. The average molecular weight is 433 g/mol. The first-order chi connectivity index (χ1) is 13.8. The van der Waals surface area contributed by atoms with E-state index in [9.17, 15) is 0 Å². The quantitative estimate of drug-likeness (QED) is 0.401. The Hall–Kier alpha value is -2.55. The van der Waals surface area contributed by atoms with Gasteiger partial charge in [-0.1, -0.05) is 42.6 Å². The number of aromatic nitrogens is 3. The van der Waals surface area contributed by atoms with Gasteiger partial charge in [0.1, 0.15) is 17.5 Å². The largest absolute Gasteiger partial charge is 0.395 e. The first kappa shape index (κ1) is 22.7. The second kappa shape index (κ2) is 10.8. The first-order valence-corrected chi connectivity index (χ1v) is 10.1. The van der Waals surface area contributed by atoms with E-state index in [0.717, 1.165) is 16.3 Å². The van der Waals surface area contributed by atoms with Crippen LogP contribution in [0, 0.1) is 13.8 Å². The minimum Gasteiger partial charge on any atom is -0.395 e. The predicted octanol–water partition coefficient (Wildman–Crippen LogP) is 4.69. The van der Waals surface area contributed by atoms with Crippen molar-refractivity contribution >= 4 is 40.7 Å². The zero-order chi connectivity index (χ0) is 21.4. The molecule has 2 aromatic rings. The molecule has 0 amide bonds. The lowest BCUT2D eigenvalue weighted by molar-refractivity contribution is 0.311. The zero-order valence-electron chi connectivity index (χ0n) is 16.7. The van der Waals surface area contributed by atoms with Crippen LogP contribution in [0.2, 0.25) is 5.02 Å². The molecule has 7 nitrogen and oxygen atoms in total. The van der Waals surface area contributed by atoms with Gasteiger partial charge in [0, 0.05) is 29.4 Å². The first-order valence-electron chi connectivity index (χ1n) is 8.92. The van der Waals surface area contributed by atoms with Crippen molar-refractivity contribution in [2.45, 2.75) is 20.8 Å². The van der Waals surface area contributed by atoms with Crippen LogP contribution in [0.5, 0.6) is 0 Å². The van der Waals surface area contributed by atoms with Gasteiger partial charge in [0.05, 0.1) is 28.0 Å². The van der Waals surface area contributed by atoms with Crippen LogP contribution in [0.4, 0.5) is 17.3 Å². The molecule has 0 fully saturated rings. The van der Waals surface area contributed by atoms with Crippen LogP contribution in [-0.2, 0) is 0 Å². The van der Waals surface area contributed by atoms with Crippen LogP contribution < -0.4 is 16.0 Å². The van der Waals surface area contributed by atoms with E-state index in [0.29, 0.717) is 39.8 Å². The summed E-state index contributed by atoms with van der Waals surface area (Å²) in [6.45, 7) is 14.2. The molecule has 0 saturated carbocycles. The summed E-state index contributed by atoms with van der Waals surface area (Å²) in [5.41, 5.74) is 2.20. The van der Waals surface area contributed by atoms with Crippen molar-refractivity contribution in [3.8, 4) is 0 Å². The van der Waals surface area contributed by atoms with Gasteiger partial charge in [-0.15, -0.1) is 0 Å². The summed E-state index contributed by atoms with van der Waals surface area (Å²) in [5.74, 6) is 1.84. The van der Waals surface area contributed by atoms with E-state index in [1.54, 1.807) is 25.3 Å². The molecule has 0 radical (unpaired) electrons. The number of rotatable bonds is 10. The number of nitrogens with one attached hydrogen (secondary N) is 3. The third kappa shape index (κ3) is 6.77. The summed E-state index contributed by atoms with van der Waals surface area (Å²) >= 11 is 7.68. The van der Waals surface area contributed by atoms with Crippen LogP contribution in [0.25, 0.3) is 0 Å². The number of aryl methyl sites for hydroxylation is 2. The molecule has 0 unspecified atom stereocenters. The highest BCUT2D eigenvalue weighted by Crippen LogP contribution is 2.33. The molecule has 0 aliphatic carbocycles. The van der Waals surface area contributed by atoms with Gasteiger partial charge in [-0.25, -0.2) is 9.97 Å². The summed E-state index contributed by atoms with van der Waals surface area (Å²) in [6.07, 6.45) is 3.60. The molecule has 2 rings (SSSR count). The molecule has 154 valence electrons. The lowest BCUT2D eigenvalue weighted by Gasteiger charge is -2.17. The summed E-state index contributed by atoms with van der Waals surface area (Å²) in [6, 6.07) is 3.49. The fraction of sp³-hybridized carbons (Fsp3) is 0.250. The third-order valence-electron chi connectivity index (χ3n) is 3.68. The fourth-order valence-corrected chi connectivity index (χ4v) is 3.35. The van der Waals surface area contributed by atoms with E-state index in [1.807, 2.05) is 19.9 Å². The molecule has 2 heterocycles. The number of aliphatic hydroxyl groups excluding tert-OH is 1. The van der Waals surface area contributed by atoms with Crippen molar-refractivity contribution in [2.24, 2.45) is 0 Å². The van der Waals surface area contributed by atoms with Crippen molar-refractivity contribution in [1.82, 2.24) is 15.0 Å². The second-order valence-electron chi connectivity index (χ2n) is 6.00. The van der Waals surface area contributed by atoms with E-state index in [2.05, 4.69) is 44.1 Å². The number of thioether (sulfide) groups is 1. The Labute approximate surface area is 180 Å². The standard InChI is InChI=1S/C20H25ClN6OS/c1-6-17(12(2)24-20-13(3)22-8-7-16(20)21)29-15(5)27-19-11-18(23-9-10-28)25-14(4)26-19/h6-8,11,24,28H,2,5,9-10H2,1,3-4H3,(H2,23,25,26,27)/b17-6-. The maximum Gasteiger partial charge on any atom is 0.136 e. The van der Waals surface area contributed by atoms with Crippen molar-refractivity contribution in [3.63, 3.8) is 0 Å². The molecular formula is C20H25ClN6OS. The minimum atomic E-state index is 0.0224. The maximum atomic E-state index is 8.96. The van der Waals surface area contributed by atoms with E-state index < -0.39 is 0 Å². The smallest absolute Gasteiger partial charge is 0.136 e. The molecule has 0 bridgehead atoms. The number of hydrogen-bond donors (Lipinski definition) is 4. The molecule has 0 spiro atoms. The highest BCUT2D eigenvalue weighted by molar-refractivity contribution is 8.07. The Kier molecular flexibility index (Phi) is 8.50. The number of aliphatic hydroxyl groups is 1. The van der Waals surface area contributed by atoms with Gasteiger partial charge in [-0.3, -0.25) is 4.98 Å². The number of allylic oxidation sites excluding steroid dienone is 1. The van der Waals surface area contributed by atoms with Crippen molar-refractivity contribution in [3.05, 3.63) is 69.7 Å². The van der Waals surface area contributed by atoms with Crippen molar-refractivity contribution in [2.75, 3.05) is 29.1 Å². The van der Waals surface area contributed by atoms with Gasteiger partial charge in [0.2, 0.25) is 0 Å². The highest BCUT2D eigenvalue weighted by Gasteiger charge is 2.11. The van der Waals surface area contributed by atoms with Crippen LogP contribution in [0.3, 0.4) is 0 Å². The number of hydrogen-bond acceptors (Lipinski definition) is 8. The molecule has 0 aliphatic rings. The molecule has 4 N–H and O–H groups in total. The third-order valence-corrected chi connectivity index (χ3v) is 5.05. The molecular weight excluding hydrogens is 408 g/mol. The number of anilines is 3. The second-order valence-corrected chi connectivity index (χ2v) is 7.54. The van der Waals surface area contributed by atoms with Crippen LogP contribution in [-0.4, -0.2) is 33.2 Å². The number of halogens is 1. The van der Waals surface area contributed by atoms with Crippen molar-refractivity contribution in [1.29, 1.82) is 0 Å². The van der Waals surface area contributed by atoms with Gasteiger partial charge in [0.15, 0.2) is 0 Å². The van der Waals surface area contributed by atoms with Crippen LogP contribution in [0.15, 0.2) is 53.2 Å². The van der Waals surface area contributed by atoms with Gasteiger partial charge < -0.3 is 21.1 Å². The Morgan fingerprint density at radius 2 is 1.97 bits per heavy atom. The summed E-state index contributed by atoms with van der Waals surface area (Å²) < 4.78 is 0. The zero-order valence-corrected chi connectivity index (χ0v) is 18.3. The van der Waals surface area contributed by atoms with E-state index in [4.69, 9.17) is 16.7 Å². The monoisotopic (exact) mass is 432 g/mol. The van der Waals surface area contributed by atoms with Crippen LogP contribution >= 0.6 is 23.4 Å².